The van der Waals surface area contributed by atoms with Crippen molar-refractivity contribution in [2.24, 2.45) is 0 Å². The number of imidazole rings is 1. The number of nitrogens with zero attached hydrogens (tertiary/aromatic N) is 2. The SMILES string of the molecule is O=[N+]([O-])C=Cc1cnc[nH]1. The lowest BCUT2D eigenvalue weighted by atomic mass is 10.5. The van der Waals surface area contributed by atoms with Gasteiger partial charge in [0.15, 0.2) is 0 Å². The first-order valence-electron chi connectivity index (χ1n) is 2.59. The van der Waals surface area contributed by atoms with Crippen LogP contribution in [0, 0.1) is 10.1 Å². The number of nitrogens with one attached hydrogen (secondary N) is 1. The van der Waals surface area contributed by atoms with Crippen LogP contribution in [0.15, 0.2) is 18.7 Å². The molecule has 1 N–H and O–H groups in total. The smallest absolute Gasteiger partial charge is 0.236 e. The Kier molecular flexibility index (Phi) is 1.79. The Labute approximate surface area is 56.6 Å². The molecule has 0 amide bonds. The Bertz CT molecular complexity index is 239. The molecule has 0 aliphatic carbocycles. The quantitative estimate of drug-likeness (QED) is 0.483. The fraction of sp³-hybridized carbons (Fsp3) is 0. The van der Waals surface area contributed by atoms with E-state index in [1.807, 2.05) is 0 Å². The molecule has 1 heterocycles. The van der Waals surface area contributed by atoms with E-state index in [1.165, 1.54) is 18.6 Å². The Morgan fingerprint density at radius 3 is 3.10 bits per heavy atom. The molecule has 0 aliphatic heterocycles. The molecule has 0 atom stereocenters. The molecule has 5 nitrogen and oxygen atoms in total. The van der Waals surface area contributed by atoms with Crippen LogP contribution in [0.1, 0.15) is 5.69 Å². The summed E-state index contributed by atoms with van der Waals surface area (Å²) in [6.45, 7) is 0. The van der Waals surface area contributed by atoms with Crippen LogP contribution in [0.4, 0.5) is 0 Å². The molecule has 0 unspecified atom stereocenters. The van der Waals surface area contributed by atoms with Crippen LogP contribution in [0.2, 0.25) is 0 Å². The van der Waals surface area contributed by atoms with E-state index in [1.54, 1.807) is 0 Å². The van der Waals surface area contributed by atoms with Crippen LogP contribution >= 0.6 is 0 Å². The maximum atomic E-state index is 9.78. The van der Waals surface area contributed by atoms with Crippen LogP contribution in [0.3, 0.4) is 0 Å². The van der Waals surface area contributed by atoms with Gasteiger partial charge < -0.3 is 4.98 Å². The third kappa shape index (κ3) is 1.70. The molecule has 0 bridgehead atoms. The molecule has 0 aromatic carbocycles. The minimum absolute atomic E-state index is 0.527. The summed E-state index contributed by atoms with van der Waals surface area (Å²) in [4.78, 5) is 15.6. The first-order chi connectivity index (χ1) is 4.79. The van der Waals surface area contributed by atoms with E-state index >= 15 is 0 Å². The number of hydrogen-bond acceptors (Lipinski definition) is 3. The topological polar surface area (TPSA) is 71.8 Å². The largest absolute Gasteiger partial charge is 0.345 e. The van der Waals surface area contributed by atoms with Crippen molar-refractivity contribution in [1.82, 2.24) is 9.97 Å². The summed E-state index contributed by atoms with van der Waals surface area (Å²) < 4.78 is 0. The van der Waals surface area contributed by atoms with Gasteiger partial charge in [-0.1, -0.05) is 0 Å². The summed E-state index contributed by atoms with van der Waals surface area (Å²) in [5.41, 5.74) is 0.622. The highest BCUT2D eigenvalue weighted by molar-refractivity contribution is 5.40. The third-order valence-corrected chi connectivity index (χ3v) is 0.895. The fourth-order valence-corrected chi connectivity index (χ4v) is 0.499. The van der Waals surface area contributed by atoms with Gasteiger partial charge >= 0.3 is 0 Å². The summed E-state index contributed by atoms with van der Waals surface area (Å²) in [6, 6.07) is 0. The van der Waals surface area contributed by atoms with Gasteiger partial charge in [0.25, 0.3) is 0 Å². The molecule has 52 valence electrons. The molecule has 0 radical (unpaired) electrons. The maximum Gasteiger partial charge on any atom is 0.236 e. The maximum absolute atomic E-state index is 9.78. The van der Waals surface area contributed by atoms with Crippen molar-refractivity contribution in [1.29, 1.82) is 0 Å². The molecule has 1 aromatic heterocycles. The van der Waals surface area contributed by atoms with E-state index in [0.29, 0.717) is 5.69 Å². The van der Waals surface area contributed by atoms with Crippen LogP contribution in [0.5, 0.6) is 0 Å². The molecule has 10 heavy (non-hydrogen) atoms. The summed E-state index contributed by atoms with van der Waals surface area (Å²) in [7, 11) is 0. The van der Waals surface area contributed by atoms with Crippen molar-refractivity contribution in [3.8, 4) is 0 Å². The second-order valence-electron chi connectivity index (χ2n) is 1.61. The van der Waals surface area contributed by atoms with Crippen LogP contribution in [0.25, 0.3) is 6.08 Å². The van der Waals surface area contributed by atoms with Gasteiger partial charge in [-0.05, 0) is 0 Å². The highest BCUT2D eigenvalue weighted by atomic mass is 16.6. The predicted octanol–water partition coefficient (Wildman–Crippen LogP) is 0.657. The zero-order valence-corrected chi connectivity index (χ0v) is 5.02. The second kappa shape index (κ2) is 2.77. The van der Waals surface area contributed by atoms with E-state index in [0.717, 1.165) is 6.20 Å². The number of hydrogen-bond donors (Lipinski definition) is 1. The summed E-state index contributed by atoms with van der Waals surface area (Å²) in [6.07, 6.45) is 5.15. The normalized spacial score (nSPS) is 10.4. The Morgan fingerprint density at radius 2 is 2.60 bits per heavy atom. The highest BCUT2D eigenvalue weighted by Gasteiger charge is 1.88. The molecule has 0 fully saturated rings. The van der Waals surface area contributed by atoms with Crippen LogP contribution in [-0.2, 0) is 0 Å². The van der Waals surface area contributed by atoms with E-state index in [2.05, 4.69) is 9.97 Å². The van der Waals surface area contributed by atoms with Gasteiger partial charge in [-0.25, -0.2) is 4.98 Å². The van der Waals surface area contributed by atoms with Crippen LogP contribution in [-0.4, -0.2) is 14.9 Å². The second-order valence-corrected chi connectivity index (χ2v) is 1.61. The van der Waals surface area contributed by atoms with Gasteiger partial charge in [0.2, 0.25) is 6.20 Å². The minimum Gasteiger partial charge on any atom is -0.345 e. The summed E-state index contributed by atoms with van der Waals surface area (Å²) >= 11 is 0. The number of H-pyrrole nitrogens is 1. The molecule has 0 saturated carbocycles. The molecule has 1 aromatic rings. The van der Waals surface area contributed by atoms with Crippen molar-refractivity contribution in [3.63, 3.8) is 0 Å². The summed E-state index contributed by atoms with van der Waals surface area (Å²) in [5, 5.41) is 9.78. The standard InChI is InChI=1S/C5H5N3O2/c9-8(10)2-1-5-3-6-4-7-5/h1-4H,(H,6,7). The third-order valence-electron chi connectivity index (χ3n) is 0.895. The first kappa shape index (κ1) is 6.47. The van der Waals surface area contributed by atoms with Crippen molar-refractivity contribution < 1.29 is 4.92 Å². The fourth-order valence-electron chi connectivity index (χ4n) is 0.499. The van der Waals surface area contributed by atoms with Gasteiger partial charge in [-0.2, -0.15) is 0 Å². The number of nitro groups is 1. The molecule has 0 saturated heterocycles. The monoisotopic (exact) mass is 139 g/mol. The first-order valence-corrected chi connectivity index (χ1v) is 2.59. The van der Waals surface area contributed by atoms with Crippen molar-refractivity contribution in [2.75, 3.05) is 0 Å². The lowest BCUT2D eigenvalue weighted by molar-refractivity contribution is -0.401. The van der Waals surface area contributed by atoms with E-state index < -0.39 is 4.92 Å². The molecule has 5 heteroatoms. The number of aromatic nitrogens is 2. The highest BCUT2D eigenvalue weighted by Crippen LogP contribution is 1.92. The lowest BCUT2D eigenvalue weighted by Crippen LogP contribution is -1.81. The predicted molar refractivity (Wildman–Crippen MR) is 34.6 cm³/mol. The molecule has 0 aliphatic rings. The Balaban J connectivity index is 2.64. The average Bonchev–Trinajstić information content (AvgIpc) is 2.34. The minimum atomic E-state index is -0.527. The van der Waals surface area contributed by atoms with Gasteiger partial charge in [0, 0.05) is 6.08 Å². The summed E-state index contributed by atoms with van der Waals surface area (Å²) in [5.74, 6) is 0. The molecular weight excluding hydrogens is 134 g/mol. The van der Waals surface area contributed by atoms with Crippen molar-refractivity contribution in [2.45, 2.75) is 0 Å². The van der Waals surface area contributed by atoms with E-state index in [4.69, 9.17) is 0 Å². The Morgan fingerprint density at radius 1 is 1.80 bits per heavy atom. The van der Waals surface area contributed by atoms with Crippen LogP contribution < -0.4 is 0 Å². The number of aromatic amines is 1. The Hall–Kier alpha value is -1.65. The van der Waals surface area contributed by atoms with Gasteiger partial charge in [-0.3, -0.25) is 10.1 Å². The van der Waals surface area contributed by atoms with Gasteiger partial charge in [-0.15, -0.1) is 0 Å². The zero-order chi connectivity index (χ0) is 7.40. The lowest BCUT2D eigenvalue weighted by Gasteiger charge is -1.77. The average molecular weight is 139 g/mol. The zero-order valence-electron chi connectivity index (χ0n) is 5.02. The molecule has 1 rings (SSSR count). The van der Waals surface area contributed by atoms with E-state index in [9.17, 15) is 10.1 Å². The van der Waals surface area contributed by atoms with Crippen molar-refractivity contribution in [3.05, 3.63) is 34.5 Å². The van der Waals surface area contributed by atoms with Crippen molar-refractivity contribution >= 4 is 6.08 Å². The molecular formula is C5H5N3O2. The molecule has 0 spiro atoms. The van der Waals surface area contributed by atoms with Gasteiger partial charge in [0.05, 0.1) is 23.1 Å². The van der Waals surface area contributed by atoms with Gasteiger partial charge in [0.1, 0.15) is 0 Å². The number of rotatable bonds is 2. The van der Waals surface area contributed by atoms with E-state index in [-0.39, 0.29) is 0 Å².